The molecule has 0 atom stereocenters. The van der Waals surface area contributed by atoms with Gasteiger partial charge >= 0.3 is 0 Å². The van der Waals surface area contributed by atoms with Gasteiger partial charge in [0.2, 0.25) is 0 Å². The van der Waals surface area contributed by atoms with Crippen LogP contribution in [0.1, 0.15) is 107 Å². The average molecular weight is 848 g/mol. The lowest BCUT2D eigenvalue weighted by Gasteiger charge is -2.34. The molecule has 0 aliphatic heterocycles. The van der Waals surface area contributed by atoms with Crippen molar-refractivity contribution in [2.45, 2.75) is 24.5 Å². The van der Waals surface area contributed by atoms with Crippen LogP contribution in [-0.4, -0.2) is 0 Å². The number of nitrogens with zero attached hydrogens (tertiary/aromatic N) is 1. The minimum absolute atomic E-state index is 0.0792. The summed E-state index contributed by atoms with van der Waals surface area (Å²) in [5.74, 6) is 0. The number of rotatable bonds is 7. The molecule has 0 amide bonds. The molecule has 0 unspecified atom stereocenters. The number of hydrogen-bond donors (Lipinski definition) is 0. The van der Waals surface area contributed by atoms with E-state index in [4.69, 9.17) is 31.5 Å². The van der Waals surface area contributed by atoms with Gasteiger partial charge in [-0.05, 0) is 131 Å². The van der Waals surface area contributed by atoms with Gasteiger partial charge in [-0.2, -0.15) is 0 Å². The van der Waals surface area contributed by atoms with Gasteiger partial charge in [0.1, 0.15) is 0 Å². The normalized spacial score (nSPS) is 24.1. The molecule has 298 valence electrons. The highest BCUT2D eigenvalue weighted by Gasteiger charge is 2.46. The van der Waals surface area contributed by atoms with E-state index in [1.807, 2.05) is 0 Å². The van der Waals surface area contributed by atoms with E-state index in [2.05, 4.69) is 0 Å². The van der Waals surface area contributed by atoms with E-state index in [0.29, 0.717) is 6.07 Å². The second-order valence-corrected chi connectivity index (χ2v) is 13.8. The summed E-state index contributed by atoms with van der Waals surface area (Å²) in [6.45, 7) is -8.21. The number of anilines is 3. The molecule has 1 nitrogen and oxygen atoms in total. The Labute approximate surface area is 432 Å². The third kappa shape index (κ3) is 5.63. The van der Waals surface area contributed by atoms with Crippen molar-refractivity contribution in [2.75, 3.05) is 4.90 Å². The molecular weight excluding hydrogens is 759 g/mol. The van der Waals surface area contributed by atoms with Crippen LogP contribution in [0.4, 0.5) is 17.1 Å². The molecule has 0 heterocycles. The maximum absolute atomic E-state index is 10.8. The maximum atomic E-state index is 10.8. The molecule has 0 radical (unpaired) electrons. The van der Waals surface area contributed by atoms with Crippen molar-refractivity contribution < 1.29 is 60.3 Å². The van der Waals surface area contributed by atoms with Crippen LogP contribution in [0.5, 0.6) is 0 Å². The van der Waals surface area contributed by atoms with E-state index < -0.39 is 360 Å². The fourth-order valence-corrected chi connectivity index (χ4v) is 7.95. The third-order valence-corrected chi connectivity index (χ3v) is 10.6. The Morgan fingerprint density at radius 2 is 0.937 bits per heavy atom. The van der Waals surface area contributed by atoms with Crippen LogP contribution < -0.4 is 4.90 Å². The van der Waals surface area contributed by atoms with Gasteiger partial charge in [-0.1, -0.05) is 207 Å². The topological polar surface area (TPSA) is 3.24 Å². The molecule has 0 saturated carbocycles. The van der Waals surface area contributed by atoms with Crippen molar-refractivity contribution in [3.8, 4) is 44.5 Å². The van der Waals surface area contributed by atoms with Gasteiger partial charge in [-0.15, -0.1) is 0 Å². The highest BCUT2D eigenvalue weighted by atomic mass is 15.1. The van der Waals surface area contributed by atoms with Gasteiger partial charge in [0.15, 0.2) is 0 Å². The molecule has 0 fully saturated rings. The third-order valence-electron chi connectivity index (χ3n) is 10.6. The zero-order valence-electron chi connectivity index (χ0n) is 75.5. The summed E-state index contributed by atoms with van der Waals surface area (Å²) in [4.78, 5) is 0.0792. The van der Waals surface area contributed by atoms with Crippen LogP contribution >= 0.6 is 0 Å². The minimum atomic E-state index is -4.11. The highest BCUT2D eigenvalue weighted by Crippen LogP contribution is 2.57. The van der Waals surface area contributed by atoms with Gasteiger partial charge in [-0.25, -0.2) is 0 Å². The second kappa shape index (κ2) is 14.4. The molecule has 2 aliphatic rings. The Balaban J connectivity index is 1.32. The van der Waals surface area contributed by atoms with E-state index in [-0.39, 0.29) is 4.90 Å². The fraction of sp³-hybridized carbons (Fsp3) is 0.0645. The summed E-state index contributed by atoms with van der Waals surface area (Å²) >= 11 is 0. The van der Waals surface area contributed by atoms with Gasteiger partial charge in [0.05, 0.1) is 57.5 Å². The van der Waals surface area contributed by atoms with Gasteiger partial charge < -0.3 is 4.90 Å². The van der Waals surface area contributed by atoms with E-state index in [1.54, 1.807) is 0 Å². The molecule has 0 aromatic heterocycles. The summed E-state index contributed by atoms with van der Waals surface area (Å²) in [7, 11) is 0. The first-order valence-electron chi connectivity index (χ1n) is 40.5. The number of benzene rings is 10. The Bertz CT molecular complexity index is 5650. The van der Waals surface area contributed by atoms with Crippen LogP contribution in [0.3, 0.4) is 0 Å². The summed E-state index contributed by atoms with van der Waals surface area (Å²) in [5.41, 5.74) is -27.2. The molecule has 63 heavy (non-hydrogen) atoms. The summed E-state index contributed by atoms with van der Waals surface area (Å²) in [6, 6.07) is -48.4. The van der Waals surface area contributed by atoms with Crippen molar-refractivity contribution >= 4 is 27.8 Å². The number of fused-ring (bicyclic) bond motifs is 7. The van der Waals surface area contributed by atoms with E-state index in [9.17, 15) is 28.8 Å². The molecular formula is C62H45N. The molecule has 10 aromatic rings. The van der Waals surface area contributed by atoms with E-state index in [1.165, 1.54) is 0 Å². The van der Waals surface area contributed by atoms with Crippen LogP contribution in [-0.2, 0) is 10.8 Å². The van der Waals surface area contributed by atoms with Crippen molar-refractivity contribution in [3.63, 3.8) is 0 Å². The SMILES string of the molecule is [2H]c1cc2c(c([2H])c1-c1c(-c3c([2H])c([2H])c(N(c4c([2H])c([2H])c([2H])c([2H])c4[2H])c4c([2H])c([2H])c5c(c4[2H])C(C([2H])([2H])[2H])(C([2H])([2H])[2H])c4c([2H])c([2H])c([2H])c([2H])c4-5)c([2H])c3[2H])c([2H])c([2H])c3c([2H])c([2H])c([2H])c([2H])c13)C(c1c([2H])c([2H])c([2H])c([2H])c1[2H])(c1c([2H])c([2H])c([2H])c([2H])c1[2H])c1c([2H])c([2H])c([2H])c([2H])c1-2. The first kappa shape index (κ1) is 13.4. The summed E-state index contributed by atoms with van der Waals surface area (Å²) in [5, 5.41) is -2.02. The van der Waals surface area contributed by atoms with Gasteiger partial charge in [-0.3, -0.25) is 0 Å². The summed E-state index contributed by atoms with van der Waals surface area (Å²) in [6.07, 6.45) is 0. The van der Waals surface area contributed by atoms with Crippen molar-refractivity contribution in [2.24, 2.45) is 0 Å². The molecule has 2 aliphatic carbocycles. The molecule has 0 saturated heterocycles. The minimum Gasteiger partial charge on any atom is -0.310 e. The molecule has 10 aromatic carbocycles. The lowest BCUT2D eigenvalue weighted by Crippen LogP contribution is -2.28. The molecule has 0 N–H and O–H groups in total. The summed E-state index contributed by atoms with van der Waals surface area (Å²) < 4.78 is 410. The van der Waals surface area contributed by atoms with Crippen molar-refractivity contribution in [1.29, 1.82) is 0 Å². The van der Waals surface area contributed by atoms with Gasteiger partial charge in [0, 0.05) is 30.7 Å². The number of para-hydroxylation sites is 1. The van der Waals surface area contributed by atoms with Crippen molar-refractivity contribution in [3.05, 3.63) is 269 Å². The Morgan fingerprint density at radius 3 is 1.65 bits per heavy atom. The lowest BCUT2D eigenvalue weighted by molar-refractivity contribution is 0.660. The van der Waals surface area contributed by atoms with Crippen molar-refractivity contribution in [1.82, 2.24) is 0 Å². The van der Waals surface area contributed by atoms with E-state index >= 15 is 0 Å². The standard InChI is InChI=1S/C62H45N/c1-61(2)56-28-16-14-26-52(56)54-39-36-49(41-58(54)61)63(47-23-10-5-11-24-47)48-34-30-43(31-35-48)51-37-32-42-18-12-13-25-50(42)60(51)44-33-38-55-53-27-15-17-29-57(53)62(59(55)40-44,45-19-6-3-7-20-45)46-21-8-4-9-22-46/h3-41H,1-2H3/i1D3,2D3,3D,4D,5D,6D,7D,8D,9D,10D,11D,12D,13D,14D,15D,16D,17D,18D,19D,20D,21D,22D,23D,24D,25D,26D,27D,28D,29D,30D,31D,32D,33D,34D,35D,36D,37D,39D,40D,41D. The highest BCUT2D eigenvalue weighted by molar-refractivity contribution is 6.05. The first-order chi connectivity index (χ1) is 49.3. The second-order valence-electron chi connectivity index (χ2n) is 13.8. The van der Waals surface area contributed by atoms with Crippen LogP contribution in [0.25, 0.3) is 55.3 Å². The van der Waals surface area contributed by atoms with Crippen LogP contribution in [0.2, 0.25) is 0 Å². The lowest BCUT2D eigenvalue weighted by atomic mass is 9.67. The van der Waals surface area contributed by atoms with Gasteiger partial charge in [0.25, 0.3) is 0 Å². The Hall–Kier alpha value is -7.74. The van der Waals surface area contributed by atoms with Crippen LogP contribution in [0.15, 0.2) is 236 Å². The Kier molecular flexibility index (Phi) is 3.07. The maximum Gasteiger partial charge on any atom is 0.0713 e. The predicted octanol–water partition coefficient (Wildman–Crippen LogP) is 16.3. The monoisotopic (exact) mass is 848 g/mol. The zero-order chi connectivity index (χ0) is 80.2. The molecule has 0 bridgehead atoms. The average Bonchev–Trinajstić information content (AvgIpc) is 1.52. The number of hydrogen-bond acceptors (Lipinski definition) is 1. The zero-order valence-corrected chi connectivity index (χ0v) is 31.5. The van der Waals surface area contributed by atoms with Crippen LogP contribution in [0, 0.1) is 0 Å². The predicted molar refractivity (Wildman–Crippen MR) is 264 cm³/mol. The molecule has 1 heteroatoms. The quantitative estimate of drug-likeness (QED) is 0.154. The molecule has 12 rings (SSSR count). The molecule has 0 spiro atoms. The fourth-order valence-electron chi connectivity index (χ4n) is 7.95. The smallest absolute Gasteiger partial charge is 0.0713 e. The Morgan fingerprint density at radius 1 is 0.381 bits per heavy atom. The van der Waals surface area contributed by atoms with E-state index in [0.717, 1.165) is 0 Å². The largest absolute Gasteiger partial charge is 0.310 e. The first-order valence-corrected chi connectivity index (χ1v) is 18.5.